The van der Waals surface area contributed by atoms with Gasteiger partial charge in [-0.2, -0.15) is 0 Å². The van der Waals surface area contributed by atoms with Crippen LogP contribution in [0.5, 0.6) is 5.75 Å². The summed E-state index contributed by atoms with van der Waals surface area (Å²) in [5.41, 5.74) is 7.20. The Morgan fingerprint density at radius 1 is 1.13 bits per heavy atom. The predicted molar refractivity (Wildman–Crippen MR) is 115 cm³/mol. The molecular formula is C24H30N2O4. The maximum Gasteiger partial charge on any atom is 0.328 e. The summed E-state index contributed by atoms with van der Waals surface area (Å²) < 4.78 is 10.8. The zero-order chi connectivity index (χ0) is 21.7. The lowest BCUT2D eigenvalue weighted by atomic mass is 9.89. The Balaban J connectivity index is 1.72. The Labute approximate surface area is 178 Å². The van der Waals surface area contributed by atoms with Crippen molar-refractivity contribution in [2.75, 3.05) is 13.7 Å². The van der Waals surface area contributed by atoms with Crippen LogP contribution in [0.1, 0.15) is 37.8 Å². The lowest BCUT2D eigenvalue weighted by Crippen LogP contribution is -2.50. The maximum atomic E-state index is 13.2. The molecule has 2 N–H and O–H groups in total. The van der Waals surface area contributed by atoms with Crippen LogP contribution in [0.2, 0.25) is 0 Å². The fraction of sp³-hybridized carbons (Fsp3) is 0.417. The molecule has 2 aromatic rings. The van der Waals surface area contributed by atoms with Gasteiger partial charge < -0.3 is 20.1 Å². The van der Waals surface area contributed by atoms with Crippen LogP contribution < -0.4 is 10.5 Å². The molecule has 0 spiro atoms. The van der Waals surface area contributed by atoms with E-state index < -0.39 is 17.6 Å². The van der Waals surface area contributed by atoms with Gasteiger partial charge >= 0.3 is 5.97 Å². The zero-order valence-corrected chi connectivity index (χ0v) is 17.8. The molecule has 1 amide bonds. The number of hydrogen-bond acceptors (Lipinski definition) is 5. The summed E-state index contributed by atoms with van der Waals surface area (Å²) in [6.07, 6.45) is 0.988. The summed E-state index contributed by atoms with van der Waals surface area (Å²) in [4.78, 5) is 27.1. The molecule has 1 fully saturated rings. The van der Waals surface area contributed by atoms with Gasteiger partial charge in [-0.1, -0.05) is 56.3 Å². The Kier molecular flexibility index (Phi) is 6.77. The van der Waals surface area contributed by atoms with Crippen LogP contribution in [0.4, 0.5) is 0 Å². The van der Waals surface area contributed by atoms with E-state index in [9.17, 15) is 9.59 Å². The highest BCUT2D eigenvalue weighted by molar-refractivity contribution is 5.93. The molecule has 0 bridgehead atoms. The molecule has 6 nitrogen and oxygen atoms in total. The zero-order valence-electron chi connectivity index (χ0n) is 17.8. The SMILES string of the molecule is COC(=O)[C@@H](CC(C)C)N1CC[C@@](N)(c2ccc(OCc3ccccc3)cc2)C1=O. The number of ether oxygens (including phenoxy) is 2. The first-order valence-corrected chi connectivity index (χ1v) is 10.3. The van der Waals surface area contributed by atoms with E-state index in [-0.39, 0.29) is 11.8 Å². The molecule has 0 radical (unpaired) electrons. The summed E-state index contributed by atoms with van der Waals surface area (Å²) in [6.45, 7) is 4.92. The number of likely N-dealkylation sites (tertiary alicyclic amines) is 1. The van der Waals surface area contributed by atoms with Crippen LogP contribution in [0.15, 0.2) is 54.6 Å². The number of esters is 1. The normalized spacial score (nSPS) is 19.8. The molecule has 160 valence electrons. The monoisotopic (exact) mass is 410 g/mol. The smallest absolute Gasteiger partial charge is 0.328 e. The molecule has 0 unspecified atom stereocenters. The van der Waals surface area contributed by atoms with Gasteiger partial charge in [-0.15, -0.1) is 0 Å². The van der Waals surface area contributed by atoms with Gasteiger partial charge in [0, 0.05) is 6.54 Å². The van der Waals surface area contributed by atoms with Crippen molar-refractivity contribution in [1.82, 2.24) is 4.90 Å². The van der Waals surface area contributed by atoms with Crippen molar-refractivity contribution in [3.8, 4) is 5.75 Å². The number of nitrogens with two attached hydrogens (primary N) is 1. The number of benzene rings is 2. The second-order valence-electron chi connectivity index (χ2n) is 8.19. The van der Waals surface area contributed by atoms with Crippen molar-refractivity contribution < 1.29 is 19.1 Å². The van der Waals surface area contributed by atoms with Crippen molar-refractivity contribution in [3.63, 3.8) is 0 Å². The predicted octanol–water partition coefficient (Wildman–Crippen LogP) is 3.24. The van der Waals surface area contributed by atoms with Crippen molar-refractivity contribution in [3.05, 3.63) is 65.7 Å². The Bertz CT molecular complexity index is 867. The lowest BCUT2D eigenvalue weighted by molar-refractivity contribution is -0.153. The van der Waals surface area contributed by atoms with Crippen LogP contribution in [-0.4, -0.2) is 36.5 Å². The van der Waals surface area contributed by atoms with Crippen molar-refractivity contribution in [1.29, 1.82) is 0 Å². The molecule has 1 heterocycles. The average Bonchev–Trinajstić information content (AvgIpc) is 3.06. The van der Waals surface area contributed by atoms with Gasteiger partial charge in [0.15, 0.2) is 0 Å². The molecule has 0 saturated carbocycles. The van der Waals surface area contributed by atoms with Crippen LogP contribution >= 0.6 is 0 Å². The summed E-state index contributed by atoms with van der Waals surface area (Å²) in [7, 11) is 1.35. The fourth-order valence-corrected chi connectivity index (χ4v) is 3.85. The highest BCUT2D eigenvalue weighted by Crippen LogP contribution is 2.34. The molecule has 2 atom stereocenters. The minimum atomic E-state index is -1.15. The molecule has 1 aliphatic heterocycles. The van der Waals surface area contributed by atoms with E-state index in [2.05, 4.69) is 0 Å². The highest BCUT2D eigenvalue weighted by atomic mass is 16.5. The molecule has 1 saturated heterocycles. The van der Waals surface area contributed by atoms with Crippen LogP contribution in [0.3, 0.4) is 0 Å². The first kappa shape index (κ1) is 21.8. The number of amides is 1. The average molecular weight is 411 g/mol. The topological polar surface area (TPSA) is 81.9 Å². The number of methoxy groups -OCH3 is 1. The van der Waals surface area contributed by atoms with Crippen molar-refractivity contribution in [2.45, 2.75) is 44.9 Å². The number of hydrogen-bond donors (Lipinski definition) is 1. The Morgan fingerprint density at radius 3 is 2.40 bits per heavy atom. The Morgan fingerprint density at radius 2 is 1.80 bits per heavy atom. The van der Waals surface area contributed by atoms with Gasteiger partial charge in [-0.3, -0.25) is 4.79 Å². The molecule has 3 rings (SSSR count). The quantitative estimate of drug-likeness (QED) is 0.676. The van der Waals surface area contributed by atoms with E-state index in [1.807, 2.05) is 68.4 Å². The largest absolute Gasteiger partial charge is 0.489 e. The first-order valence-electron chi connectivity index (χ1n) is 10.3. The number of rotatable bonds is 8. The van der Waals surface area contributed by atoms with Crippen molar-refractivity contribution >= 4 is 11.9 Å². The van der Waals surface area contributed by atoms with Gasteiger partial charge in [0.05, 0.1) is 7.11 Å². The van der Waals surface area contributed by atoms with E-state index in [4.69, 9.17) is 15.2 Å². The molecule has 6 heteroatoms. The number of nitrogens with zero attached hydrogens (tertiary/aromatic N) is 1. The standard InChI is InChI=1S/C24H30N2O4/c1-17(2)15-21(22(27)29-3)26-14-13-24(25,23(26)28)19-9-11-20(12-10-19)30-16-18-7-5-4-6-8-18/h4-12,17,21H,13-16,25H2,1-3H3/t21-,24-/m1/s1. The van der Waals surface area contributed by atoms with Gasteiger partial charge in [0.25, 0.3) is 0 Å². The summed E-state index contributed by atoms with van der Waals surface area (Å²) in [5, 5.41) is 0. The van der Waals surface area contributed by atoms with Gasteiger partial charge in [-0.25, -0.2) is 4.79 Å². The Hall–Kier alpha value is -2.86. The van der Waals surface area contributed by atoms with Crippen LogP contribution in [-0.2, 0) is 26.5 Å². The van der Waals surface area contributed by atoms with Gasteiger partial charge in [-0.05, 0) is 42.0 Å². The van der Waals surface area contributed by atoms with Crippen molar-refractivity contribution in [2.24, 2.45) is 11.7 Å². The third kappa shape index (κ3) is 4.65. The molecule has 0 aromatic heterocycles. The van der Waals surface area contributed by atoms with Gasteiger partial charge in [0.1, 0.15) is 23.9 Å². The van der Waals surface area contributed by atoms with Crippen LogP contribution in [0, 0.1) is 5.92 Å². The highest BCUT2D eigenvalue weighted by Gasteiger charge is 2.48. The minimum Gasteiger partial charge on any atom is -0.489 e. The second-order valence-corrected chi connectivity index (χ2v) is 8.19. The summed E-state index contributed by atoms with van der Waals surface area (Å²) in [6, 6.07) is 16.6. The molecular weight excluding hydrogens is 380 g/mol. The van der Waals surface area contributed by atoms with Crippen LogP contribution in [0.25, 0.3) is 0 Å². The molecule has 0 aliphatic carbocycles. The first-order chi connectivity index (χ1) is 14.3. The van der Waals surface area contributed by atoms with E-state index in [1.54, 1.807) is 4.90 Å². The molecule has 2 aromatic carbocycles. The third-order valence-electron chi connectivity index (χ3n) is 5.55. The van der Waals surface area contributed by atoms with E-state index in [0.717, 1.165) is 11.1 Å². The second kappa shape index (κ2) is 9.30. The van der Waals surface area contributed by atoms with E-state index in [1.165, 1.54) is 7.11 Å². The summed E-state index contributed by atoms with van der Waals surface area (Å²) >= 11 is 0. The molecule has 30 heavy (non-hydrogen) atoms. The molecule has 1 aliphatic rings. The third-order valence-corrected chi connectivity index (χ3v) is 5.55. The van der Waals surface area contributed by atoms with E-state index in [0.29, 0.717) is 31.7 Å². The maximum absolute atomic E-state index is 13.2. The number of carbonyl (C=O) groups is 2. The fourth-order valence-electron chi connectivity index (χ4n) is 3.85. The minimum absolute atomic E-state index is 0.239. The van der Waals surface area contributed by atoms with E-state index >= 15 is 0 Å². The number of carbonyl (C=O) groups excluding carboxylic acids is 2. The summed E-state index contributed by atoms with van der Waals surface area (Å²) in [5.74, 6) is 0.318. The van der Waals surface area contributed by atoms with Gasteiger partial charge in [0.2, 0.25) is 5.91 Å². The lowest BCUT2D eigenvalue weighted by Gasteiger charge is -2.29.